The maximum atomic E-state index is 11.0. The predicted molar refractivity (Wildman–Crippen MR) is 204 cm³/mol. The van der Waals surface area contributed by atoms with Crippen LogP contribution in [0.1, 0.15) is 74.3 Å². The average Bonchev–Trinajstić information content (AvgIpc) is 3.04. The van der Waals surface area contributed by atoms with Crippen LogP contribution in [0, 0.1) is 0 Å². The van der Waals surface area contributed by atoms with Gasteiger partial charge in [-0.1, -0.05) is 145 Å². The molecule has 0 amide bonds. The molecule has 0 aliphatic carbocycles. The Balaban J connectivity index is 2.17. The second-order valence-electron chi connectivity index (χ2n) is 15.3. The van der Waals surface area contributed by atoms with Gasteiger partial charge in [0.15, 0.2) is 8.32 Å². The third-order valence-electron chi connectivity index (χ3n) is 9.85. The van der Waals surface area contributed by atoms with Gasteiger partial charge >= 0.3 is 0 Å². The molecule has 0 saturated carbocycles. The number of aliphatic hydroxyl groups excluding tert-OH is 1. The van der Waals surface area contributed by atoms with E-state index in [1.807, 2.05) is 18.2 Å². The highest BCUT2D eigenvalue weighted by molar-refractivity contribution is 6.99. The van der Waals surface area contributed by atoms with Crippen molar-refractivity contribution in [3.63, 3.8) is 0 Å². The Hall–Kier alpha value is -2.59. The first-order valence-electron chi connectivity index (χ1n) is 17.1. The summed E-state index contributed by atoms with van der Waals surface area (Å²) in [7, 11) is -5.01. The van der Waals surface area contributed by atoms with Crippen LogP contribution >= 0.6 is 0 Å². The van der Waals surface area contributed by atoms with Crippen molar-refractivity contribution < 1.29 is 18.7 Å². The van der Waals surface area contributed by atoms with Gasteiger partial charge in [0, 0.05) is 0 Å². The molecule has 0 heterocycles. The average molecular weight is 673 g/mol. The first-order chi connectivity index (χ1) is 22.1. The van der Waals surface area contributed by atoms with E-state index in [1.165, 1.54) is 15.9 Å². The fourth-order valence-electron chi connectivity index (χ4n) is 5.81. The van der Waals surface area contributed by atoms with E-state index >= 15 is 0 Å². The lowest BCUT2D eigenvalue weighted by Gasteiger charge is -2.46. The molecule has 3 aromatic carbocycles. The first kappa shape index (κ1) is 38.9. The lowest BCUT2D eigenvalue weighted by molar-refractivity contribution is -0.0524. The zero-order valence-corrected chi connectivity index (χ0v) is 32.8. The molecule has 0 aromatic heterocycles. The fourth-order valence-corrected chi connectivity index (χ4v) is 11.9. The zero-order valence-electron chi connectivity index (χ0n) is 30.8. The fraction of sp³-hybridized carbons (Fsp3) is 0.463. The minimum atomic E-state index is -2.98. The number of aliphatic hydroxyl groups is 1. The molecule has 0 fully saturated rings. The van der Waals surface area contributed by atoms with E-state index in [4.69, 9.17) is 13.6 Å². The molecule has 3 atom stereocenters. The highest BCUT2D eigenvalue weighted by Gasteiger charge is 2.52. The SMILES string of the molecule is C/C=C(/C)C(C/C=C(\C)C(O[Si](c1ccccc1)(c1ccccc1)C(C)(C)C)C(CO)OCc1ccccc1)O[Si](C)(C)C(C)(C)C. The molecule has 1 N–H and O–H groups in total. The Bertz CT molecular complexity index is 1380. The molecule has 3 unspecified atom stereocenters. The molecular weight excluding hydrogens is 613 g/mol. The molecule has 0 radical (unpaired) electrons. The third kappa shape index (κ3) is 9.74. The van der Waals surface area contributed by atoms with Gasteiger partial charge < -0.3 is 18.7 Å². The summed E-state index contributed by atoms with van der Waals surface area (Å²) in [5, 5.41) is 13.2. The van der Waals surface area contributed by atoms with E-state index in [0.29, 0.717) is 13.0 Å². The van der Waals surface area contributed by atoms with E-state index in [0.717, 1.165) is 11.1 Å². The molecule has 0 aliphatic rings. The lowest BCUT2D eigenvalue weighted by Crippen LogP contribution is -2.68. The third-order valence-corrected chi connectivity index (χ3v) is 19.4. The number of ether oxygens (including phenoxy) is 1. The highest BCUT2D eigenvalue weighted by atomic mass is 28.4. The highest BCUT2D eigenvalue weighted by Crippen LogP contribution is 2.40. The van der Waals surface area contributed by atoms with Crippen molar-refractivity contribution in [3.8, 4) is 0 Å². The quantitative estimate of drug-likeness (QED) is 0.129. The molecule has 47 heavy (non-hydrogen) atoms. The summed E-state index contributed by atoms with van der Waals surface area (Å²) < 4.78 is 21.2. The van der Waals surface area contributed by atoms with Crippen molar-refractivity contribution >= 4 is 27.0 Å². The van der Waals surface area contributed by atoms with Crippen LogP contribution in [0.4, 0.5) is 0 Å². The van der Waals surface area contributed by atoms with Gasteiger partial charge in [-0.2, -0.15) is 0 Å². The van der Waals surface area contributed by atoms with E-state index in [1.54, 1.807) is 0 Å². The summed E-state index contributed by atoms with van der Waals surface area (Å²) in [5.74, 6) is 0. The molecule has 4 nitrogen and oxygen atoms in total. The van der Waals surface area contributed by atoms with Crippen molar-refractivity contribution in [2.24, 2.45) is 0 Å². The van der Waals surface area contributed by atoms with E-state index in [9.17, 15) is 5.11 Å². The summed E-state index contributed by atoms with van der Waals surface area (Å²) in [6.07, 6.45) is 4.04. The molecular formula is C41H60O4Si2. The van der Waals surface area contributed by atoms with Gasteiger partial charge in [-0.25, -0.2) is 0 Å². The normalized spacial score (nSPS) is 15.7. The summed E-state index contributed by atoms with van der Waals surface area (Å²) >= 11 is 0. The number of allylic oxidation sites excluding steroid dienone is 1. The van der Waals surface area contributed by atoms with Gasteiger partial charge in [0.1, 0.15) is 6.10 Å². The van der Waals surface area contributed by atoms with E-state index in [2.05, 4.69) is 160 Å². The predicted octanol–water partition coefficient (Wildman–Crippen LogP) is 9.20. The minimum Gasteiger partial charge on any atom is -0.410 e. The second kappa shape index (κ2) is 16.7. The van der Waals surface area contributed by atoms with Gasteiger partial charge in [0.25, 0.3) is 8.32 Å². The van der Waals surface area contributed by atoms with Crippen LogP contribution in [0.5, 0.6) is 0 Å². The minimum absolute atomic E-state index is 0.0397. The molecule has 0 bridgehead atoms. The van der Waals surface area contributed by atoms with Crippen LogP contribution in [-0.4, -0.2) is 46.7 Å². The maximum Gasteiger partial charge on any atom is 0.262 e. The Kier molecular flexibility index (Phi) is 13.8. The van der Waals surface area contributed by atoms with Gasteiger partial charge in [0.2, 0.25) is 0 Å². The second-order valence-corrected chi connectivity index (χ2v) is 24.3. The van der Waals surface area contributed by atoms with Crippen LogP contribution in [0.3, 0.4) is 0 Å². The molecule has 0 aliphatic heterocycles. The van der Waals surface area contributed by atoms with Crippen LogP contribution in [0.25, 0.3) is 0 Å². The lowest BCUT2D eigenvalue weighted by atomic mass is 10.0. The van der Waals surface area contributed by atoms with Crippen molar-refractivity contribution in [2.75, 3.05) is 6.61 Å². The van der Waals surface area contributed by atoms with Crippen LogP contribution in [0.15, 0.2) is 114 Å². The molecule has 256 valence electrons. The molecule has 3 rings (SSSR count). The Morgan fingerprint density at radius 1 is 0.723 bits per heavy atom. The van der Waals surface area contributed by atoms with Gasteiger partial charge in [0.05, 0.1) is 25.4 Å². The van der Waals surface area contributed by atoms with E-state index < -0.39 is 28.8 Å². The van der Waals surface area contributed by atoms with Crippen molar-refractivity contribution in [1.29, 1.82) is 0 Å². The van der Waals surface area contributed by atoms with E-state index in [-0.39, 0.29) is 22.8 Å². The Labute approximate surface area is 288 Å². The van der Waals surface area contributed by atoms with Crippen LogP contribution in [0.2, 0.25) is 23.2 Å². The standard InChI is InChI=1S/C41H60O4Si2/c1-12-32(2)37(44-46(10,11)40(4,5)6)29-28-33(3)39(38(30-42)43-31-34-22-16-13-17-23-34)45-47(41(7,8)9,35-24-18-14-19-25-35)36-26-20-15-21-27-36/h12-28,37-39,42H,29-31H2,1-11H3/b32-12-,33-28+. The Morgan fingerprint density at radius 3 is 1.64 bits per heavy atom. The van der Waals surface area contributed by atoms with Gasteiger partial charge in [-0.05, 0) is 77.4 Å². The van der Waals surface area contributed by atoms with Crippen molar-refractivity contribution in [2.45, 2.75) is 117 Å². The van der Waals surface area contributed by atoms with Gasteiger partial charge in [-0.3, -0.25) is 0 Å². The summed E-state index contributed by atoms with van der Waals surface area (Å²) in [6.45, 7) is 24.9. The van der Waals surface area contributed by atoms with Gasteiger partial charge in [-0.15, -0.1) is 0 Å². The monoisotopic (exact) mass is 672 g/mol. The Morgan fingerprint density at radius 2 is 1.21 bits per heavy atom. The molecule has 6 heteroatoms. The number of rotatable bonds is 15. The van der Waals surface area contributed by atoms with Crippen LogP contribution < -0.4 is 10.4 Å². The first-order valence-corrected chi connectivity index (χ1v) is 21.9. The molecule has 0 saturated heterocycles. The number of hydrogen-bond donors (Lipinski definition) is 1. The number of benzene rings is 3. The summed E-state index contributed by atoms with van der Waals surface area (Å²) in [4.78, 5) is 0. The zero-order chi connectivity index (χ0) is 34.9. The van der Waals surface area contributed by atoms with Crippen molar-refractivity contribution in [1.82, 2.24) is 0 Å². The summed E-state index contributed by atoms with van der Waals surface area (Å²) in [5.41, 5.74) is 3.32. The largest absolute Gasteiger partial charge is 0.410 e. The maximum absolute atomic E-state index is 11.0. The molecule has 3 aromatic rings. The van der Waals surface area contributed by atoms with Crippen molar-refractivity contribution in [3.05, 3.63) is 120 Å². The number of hydrogen-bond acceptors (Lipinski definition) is 4. The molecule has 0 spiro atoms. The van der Waals surface area contributed by atoms with Crippen LogP contribution in [-0.2, 0) is 20.2 Å². The smallest absolute Gasteiger partial charge is 0.262 e. The topological polar surface area (TPSA) is 47.9 Å². The summed E-state index contributed by atoms with van der Waals surface area (Å²) in [6, 6.07) is 31.5.